The van der Waals surface area contributed by atoms with Crippen LogP contribution in [0.1, 0.15) is 26.7 Å². The van der Waals surface area contributed by atoms with Gasteiger partial charge in [0, 0.05) is 36.2 Å². The highest BCUT2D eigenvalue weighted by Gasteiger charge is 2.50. The van der Waals surface area contributed by atoms with Gasteiger partial charge in [0.05, 0.1) is 13.1 Å². The monoisotopic (exact) mass is 428 g/mol. The zero-order valence-electron chi connectivity index (χ0n) is 15.9. The highest BCUT2D eigenvalue weighted by atomic mass is 33.1. The summed E-state index contributed by atoms with van der Waals surface area (Å²) in [4.78, 5) is 51.8. The normalized spacial score (nSPS) is 32.5. The fraction of sp³-hybridized carbons (Fsp3) is 0.778. The molecule has 4 bridgehead atoms. The summed E-state index contributed by atoms with van der Waals surface area (Å²) in [6.07, 6.45) is 0.955. The van der Waals surface area contributed by atoms with Crippen molar-refractivity contribution < 1.29 is 28.7 Å². The maximum Gasteiger partial charge on any atom is 0.329 e. The molecule has 4 unspecified atom stereocenters. The van der Waals surface area contributed by atoms with E-state index in [-0.39, 0.29) is 47.8 Å². The molecule has 0 aromatic heterocycles. The highest BCUT2D eigenvalue weighted by molar-refractivity contribution is 8.76. The first-order valence-electron chi connectivity index (χ1n) is 9.61. The quantitative estimate of drug-likeness (QED) is 0.332. The predicted molar refractivity (Wildman–Crippen MR) is 103 cm³/mol. The Kier molecular flexibility index (Phi) is 5.52. The van der Waals surface area contributed by atoms with Crippen LogP contribution in [0.5, 0.6) is 0 Å². The van der Waals surface area contributed by atoms with Crippen molar-refractivity contribution in [1.82, 2.24) is 9.80 Å². The van der Waals surface area contributed by atoms with Crippen LogP contribution in [0.4, 0.5) is 0 Å². The number of esters is 2. The van der Waals surface area contributed by atoms with Crippen molar-refractivity contribution in [2.75, 3.05) is 24.6 Å². The Labute approximate surface area is 171 Å². The number of ether oxygens (including phenoxy) is 2. The summed E-state index contributed by atoms with van der Waals surface area (Å²) in [5, 5.41) is 0. The lowest BCUT2D eigenvalue weighted by Crippen LogP contribution is -2.46. The molecule has 0 aliphatic carbocycles. The van der Waals surface area contributed by atoms with Crippen LogP contribution in [0.3, 0.4) is 0 Å². The van der Waals surface area contributed by atoms with E-state index in [9.17, 15) is 19.2 Å². The van der Waals surface area contributed by atoms with E-state index in [1.54, 1.807) is 31.4 Å². The van der Waals surface area contributed by atoms with E-state index < -0.39 is 12.1 Å². The van der Waals surface area contributed by atoms with E-state index in [0.29, 0.717) is 37.4 Å². The summed E-state index contributed by atoms with van der Waals surface area (Å²) in [5.41, 5.74) is 0. The smallest absolute Gasteiger partial charge is 0.329 e. The van der Waals surface area contributed by atoms with Crippen molar-refractivity contribution in [3.05, 3.63) is 0 Å². The van der Waals surface area contributed by atoms with Crippen LogP contribution in [-0.4, -0.2) is 82.4 Å². The number of nitrogens with zero attached hydrogens (tertiary/aromatic N) is 2. The van der Waals surface area contributed by atoms with Crippen molar-refractivity contribution in [2.24, 2.45) is 11.8 Å². The van der Waals surface area contributed by atoms with Gasteiger partial charge in [0.25, 0.3) is 0 Å². The largest absolute Gasteiger partial charge is 0.459 e. The molecule has 0 saturated carbocycles. The Hall–Kier alpha value is -1.42. The van der Waals surface area contributed by atoms with Gasteiger partial charge in [-0.25, -0.2) is 9.59 Å². The number of fused-ring (bicyclic) bond motifs is 4. The molecule has 8 nitrogen and oxygen atoms in total. The van der Waals surface area contributed by atoms with Gasteiger partial charge in [0.2, 0.25) is 11.8 Å². The lowest BCUT2D eigenvalue weighted by molar-refractivity contribution is -0.158. The number of likely N-dealkylation sites (tertiary alicyclic amines) is 2. The fourth-order valence-corrected chi connectivity index (χ4v) is 6.88. The zero-order chi connectivity index (χ0) is 20.0. The second-order valence-corrected chi connectivity index (χ2v) is 10.5. The van der Waals surface area contributed by atoms with Crippen LogP contribution in [0.25, 0.3) is 0 Å². The number of hydrogen-bond acceptors (Lipinski definition) is 8. The van der Waals surface area contributed by atoms with Gasteiger partial charge in [-0.3, -0.25) is 9.59 Å². The van der Waals surface area contributed by atoms with Gasteiger partial charge in [0.15, 0.2) is 0 Å². The van der Waals surface area contributed by atoms with Crippen molar-refractivity contribution in [1.29, 1.82) is 0 Å². The summed E-state index contributed by atoms with van der Waals surface area (Å²) in [7, 11) is 3.13. The summed E-state index contributed by atoms with van der Waals surface area (Å²) in [6.45, 7) is 4.75. The lowest BCUT2D eigenvalue weighted by atomic mass is 10.1. The van der Waals surface area contributed by atoms with Crippen LogP contribution in [-0.2, 0) is 28.7 Å². The summed E-state index contributed by atoms with van der Waals surface area (Å²) in [6, 6.07) is -0.810. The molecule has 154 valence electrons. The van der Waals surface area contributed by atoms with Crippen molar-refractivity contribution >= 4 is 45.3 Å². The van der Waals surface area contributed by atoms with Gasteiger partial charge < -0.3 is 19.3 Å². The summed E-state index contributed by atoms with van der Waals surface area (Å²) >= 11 is 0. The van der Waals surface area contributed by atoms with E-state index in [0.717, 1.165) is 0 Å². The van der Waals surface area contributed by atoms with E-state index in [1.165, 1.54) is 0 Å². The van der Waals surface area contributed by atoms with Gasteiger partial charge in [-0.15, -0.1) is 0 Å². The molecule has 4 aliphatic heterocycles. The molecule has 4 fully saturated rings. The molecule has 0 N–H and O–H groups in total. The molecule has 0 radical (unpaired) electrons. The molecule has 4 heterocycles. The number of morpholine rings is 2. The third-order valence-corrected chi connectivity index (χ3v) is 8.52. The Morgan fingerprint density at radius 2 is 1.29 bits per heavy atom. The minimum Gasteiger partial charge on any atom is -0.459 e. The molecular weight excluding hydrogens is 404 g/mol. The first-order chi connectivity index (χ1) is 13.3. The maximum atomic E-state index is 12.6. The van der Waals surface area contributed by atoms with E-state index in [2.05, 4.69) is 0 Å². The third-order valence-electron chi connectivity index (χ3n) is 5.76. The molecule has 2 amide bonds. The molecule has 0 aromatic rings. The number of amides is 2. The minimum atomic E-state index is -0.405. The van der Waals surface area contributed by atoms with Crippen LogP contribution < -0.4 is 0 Å². The molecule has 4 rings (SSSR count). The van der Waals surface area contributed by atoms with Crippen molar-refractivity contribution in [3.8, 4) is 0 Å². The van der Waals surface area contributed by atoms with Crippen LogP contribution >= 0.6 is 21.6 Å². The zero-order valence-corrected chi connectivity index (χ0v) is 17.5. The average molecular weight is 429 g/mol. The number of carbonyl (C=O) groups excluding carboxylic acids is 4. The second-order valence-electron chi connectivity index (χ2n) is 7.97. The molecule has 10 heteroatoms. The van der Waals surface area contributed by atoms with E-state index in [4.69, 9.17) is 9.47 Å². The van der Waals surface area contributed by atoms with E-state index in [1.807, 2.05) is 13.8 Å². The second kappa shape index (κ2) is 7.78. The fourth-order valence-electron chi connectivity index (χ4n) is 4.19. The Morgan fingerprint density at radius 3 is 1.61 bits per heavy atom. The van der Waals surface area contributed by atoms with Gasteiger partial charge in [0.1, 0.15) is 24.3 Å². The number of hydrogen-bond donors (Lipinski definition) is 0. The SMILES string of the molecule is CC(CSSCC(C)C(=O)N1C[C@H]2C[C@@H]1C(=O)O2)C(=O)N1CC2CC1C(=O)O2. The molecule has 0 spiro atoms. The Bertz CT molecular complexity index is 646. The number of rotatable bonds is 7. The van der Waals surface area contributed by atoms with E-state index >= 15 is 0 Å². The first-order valence-corrected chi connectivity index (χ1v) is 12.1. The Morgan fingerprint density at radius 1 is 0.893 bits per heavy atom. The standard InChI is InChI=1S/C18H24N2O6S2/c1-9(15(21)19-5-11-3-13(19)17(23)25-11)7-27-28-8-10(2)16(22)20-6-12-4-14(20)18(24)26-12/h9-14H,3-8H2,1-2H3/t9?,10?,11-,12?,13-,14?/m1/s1. The first kappa shape index (κ1) is 19.9. The topological polar surface area (TPSA) is 93.2 Å². The Balaban J connectivity index is 1.17. The summed E-state index contributed by atoms with van der Waals surface area (Å²) < 4.78 is 10.3. The molecule has 6 atom stereocenters. The molecule has 28 heavy (non-hydrogen) atoms. The van der Waals surface area contributed by atoms with Crippen molar-refractivity contribution in [3.63, 3.8) is 0 Å². The summed E-state index contributed by atoms with van der Waals surface area (Å²) in [5.74, 6) is 0.263. The van der Waals surface area contributed by atoms with Crippen LogP contribution in [0, 0.1) is 11.8 Å². The van der Waals surface area contributed by atoms with Crippen molar-refractivity contribution in [2.45, 2.75) is 51.0 Å². The molecule has 4 aliphatic rings. The molecular formula is C18H24N2O6S2. The average Bonchev–Trinajstić information content (AvgIpc) is 3.42. The van der Waals surface area contributed by atoms with Gasteiger partial charge >= 0.3 is 11.9 Å². The van der Waals surface area contributed by atoms with Gasteiger partial charge in [-0.2, -0.15) is 0 Å². The predicted octanol–water partition coefficient (Wildman–Crippen LogP) is 0.693. The molecule has 0 aromatic carbocycles. The van der Waals surface area contributed by atoms with Gasteiger partial charge in [-0.05, 0) is 0 Å². The van der Waals surface area contributed by atoms with Crippen LogP contribution in [0.2, 0.25) is 0 Å². The number of carbonyl (C=O) groups is 4. The molecule has 4 saturated heterocycles. The van der Waals surface area contributed by atoms with Gasteiger partial charge in [-0.1, -0.05) is 35.4 Å². The highest BCUT2D eigenvalue weighted by Crippen LogP contribution is 2.34. The maximum absolute atomic E-state index is 12.6. The third kappa shape index (κ3) is 3.60. The van der Waals surface area contributed by atoms with Crippen LogP contribution in [0.15, 0.2) is 0 Å². The lowest BCUT2D eigenvalue weighted by Gasteiger charge is -2.28. The minimum absolute atomic E-state index is 0.00650.